The van der Waals surface area contributed by atoms with Crippen molar-refractivity contribution in [2.45, 2.75) is 47.5 Å². The van der Waals surface area contributed by atoms with E-state index in [0.29, 0.717) is 0 Å². The number of rotatable bonds is 0. The molecule has 0 atom stereocenters. The molecule has 0 nitrogen and oxygen atoms in total. The fraction of sp³-hybridized carbons (Fsp3) is 0.348. The molecule has 0 fully saturated rings. The van der Waals surface area contributed by atoms with Crippen LogP contribution in [0.1, 0.15) is 47.5 Å². The maximum atomic E-state index is 3.44. The molecule has 0 unspecified atom stereocenters. The third-order valence-electron chi connectivity index (χ3n) is 3.73. The van der Waals surface area contributed by atoms with Gasteiger partial charge in [0.25, 0.3) is 0 Å². The summed E-state index contributed by atoms with van der Waals surface area (Å²) in [6.07, 6.45) is 24.9. The van der Waals surface area contributed by atoms with Crippen LogP contribution in [0.25, 0.3) is 0 Å². The van der Waals surface area contributed by atoms with Crippen molar-refractivity contribution in [3.63, 3.8) is 0 Å². The van der Waals surface area contributed by atoms with Crippen LogP contribution in [0, 0.1) is 30.6 Å². The van der Waals surface area contributed by atoms with Crippen LogP contribution in [0.5, 0.6) is 0 Å². The Balaban J connectivity index is -0.000000131. The van der Waals surface area contributed by atoms with Gasteiger partial charge in [-0.15, -0.1) is 19.8 Å². The molecule has 0 amide bonds. The molecule has 3 aliphatic carbocycles. The molecule has 0 aromatic rings. The summed E-state index contributed by atoms with van der Waals surface area (Å²) in [4.78, 5) is 0. The van der Waals surface area contributed by atoms with E-state index in [1.165, 1.54) is 22.8 Å². The standard InChI is InChI=1S/C10H15.2C5H5.C3H5.2FH.Zr/c1-7-6-10(4,5)9(3)8(7)2;2*1-2-4-5-3-1;1-3-2;;;/h1-5H3;2*1-3H,4H2;3H,1-2H2;2*1H;/q4*-1;;;+4. The van der Waals surface area contributed by atoms with Crippen molar-refractivity contribution in [1.82, 2.24) is 0 Å². The van der Waals surface area contributed by atoms with Gasteiger partial charge in [-0.2, -0.15) is 23.3 Å². The molecule has 0 aromatic carbocycles. The molecule has 3 rings (SSSR count). The summed E-state index contributed by atoms with van der Waals surface area (Å²) >= 11 is 0. The predicted octanol–water partition coefficient (Wildman–Crippen LogP) is 7.03. The second-order valence-electron chi connectivity index (χ2n) is 5.92. The molecule has 0 spiro atoms. The third-order valence-corrected chi connectivity index (χ3v) is 3.73. The molecule has 0 radical (unpaired) electrons. The molecule has 0 bridgehead atoms. The zero-order valence-corrected chi connectivity index (χ0v) is 19.1. The Morgan fingerprint density at radius 1 is 1.00 bits per heavy atom. The van der Waals surface area contributed by atoms with Crippen LogP contribution in [0.3, 0.4) is 0 Å². The van der Waals surface area contributed by atoms with Crippen LogP contribution in [0.2, 0.25) is 0 Å². The molecular weight excluding hydrogens is 405 g/mol. The van der Waals surface area contributed by atoms with Gasteiger partial charge in [-0.1, -0.05) is 33.1 Å². The summed E-state index contributed by atoms with van der Waals surface area (Å²) in [7, 11) is 0. The molecule has 0 N–H and O–H groups in total. The average molecular weight is 438 g/mol. The van der Waals surface area contributed by atoms with Gasteiger partial charge in [0.15, 0.2) is 0 Å². The molecule has 3 heteroatoms. The van der Waals surface area contributed by atoms with Gasteiger partial charge < -0.3 is 0 Å². The minimum atomic E-state index is 0. The van der Waals surface area contributed by atoms with Gasteiger partial charge in [-0.05, 0) is 0 Å². The first kappa shape index (κ1) is 32.5. The molecular formula is C23H32F2Zr. The largest absolute Gasteiger partial charge is 4.00 e. The minimum absolute atomic E-state index is 0. The van der Waals surface area contributed by atoms with E-state index in [4.69, 9.17) is 0 Å². The van der Waals surface area contributed by atoms with Crippen LogP contribution >= 0.6 is 0 Å². The molecule has 3 aliphatic rings. The smallest absolute Gasteiger partial charge is 0.273 e. The number of hydrogen-bond acceptors (Lipinski definition) is 0. The molecule has 0 saturated carbocycles. The first-order chi connectivity index (χ1) is 10.9. The van der Waals surface area contributed by atoms with Gasteiger partial charge in [-0.3, -0.25) is 27.6 Å². The summed E-state index contributed by atoms with van der Waals surface area (Å²) < 4.78 is 0. The Morgan fingerprint density at radius 3 is 1.46 bits per heavy atom. The number of hydrogen-bond donors (Lipinski definition) is 0. The Labute approximate surface area is 179 Å². The molecule has 0 aromatic heterocycles. The Hall–Kier alpha value is -1.21. The maximum Gasteiger partial charge on any atom is 4.00 e. The maximum absolute atomic E-state index is 3.44. The Bertz CT molecular complexity index is 503. The van der Waals surface area contributed by atoms with Crippen LogP contribution in [-0.4, -0.2) is 0 Å². The normalized spacial score (nSPS) is 16.3. The second-order valence-corrected chi connectivity index (χ2v) is 5.92. The van der Waals surface area contributed by atoms with Gasteiger partial charge in [0.05, 0.1) is 0 Å². The zero-order valence-electron chi connectivity index (χ0n) is 16.7. The van der Waals surface area contributed by atoms with Crippen molar-refractivity contribution in [2.24, 2.45) is 5.41 Å². The fourth-order valence-corrected chi connectivity index (χ4v) is 2.09. The quantitative estimate of drug-likeness (QED) is 0.357. The molecule has 0 heterocycles. The van der Waals surface area contributed by atoms with E-state index in [1.807, 2.05) is 24.3 Å². The first-order valence-electron chi connectivity index (χ1n) is 8.00. The van der Waals surface area contributed by atoms with Gasteiger partial charge in [0.1, 0.15) is 0 Å². The first-order valence-corrected chi connectivity index (χ1v) is 8.00. The summed E-state index contributed by atoms with van der Waals surface area (Å²) in [6, 6.07) is 0. The summed E-state index contributed by atoms with van der Waals surface area (Å²) in [5.41, 5.74) is 4.39. The average Bonchev–Trinajstić information content (AvgIpc) is 3.24. The van der Waals surface area contributed by atoms with E-state index in [9.17, 15) is 0 Å². The van der Waals surface area contributed by atoms with Crippen molar-refractivity contribution < 1.29 is 35.6 Å². The second kappa shape index (κ2) is 18.6. The van der Waals surface area contributed by atoms with Crippen molar-refractivity contribution in [1.29, 1.82) is 0 Å². The predicted molar refractivity (Wildman–Crippen MR) is 108 cm³/mol. The number of halogens is 2. The molecule has 0 aliphatic heterocycles. The van der Waals surface area contributed by atoms with Crippen molar-refractivity contribution in [2.75, 3.05) is 0 Å². The minimum Gasteiger partial charge on any atom is -0.273 e. The van der Waals surface area contributed by atoms with E-state index in [2.05, 4.69) is 78.5 Å². The summed E-state index contributed by atoms with van der Waals surface area (Å²) in [5, 5.41) is 0. The Kier molecular flexibility index (Phi) is 23.2. The van der Waals surface area contributed by atoms with Crippen LogP contribution in [-0.2, 0) is 26.2 Å². The van der Waals surface area contributed by atoms with Gasteiger partial charge in [0.2, 0.25) is 0 Å². The van der Waals surface area contributed by atoms with Gasteiger partial charge in [0, 0.05) is 0 Å². The van der Waals surface area contributed by atoms with E-state index in [0.717, 1.165) is 12.8 Å². The van der Waals surface area contributed by atoms with Crippen molar-refractivity contribution in [3.05, 3.63) is 91.0 Å². The Morgan fingerprint density at radius 2 is 1.38 bits per heavy atom. The number of allylic oxidation sites excluding steroid dienone is 13. The van der Waals surface area contributed by atoms with Crippen molar-refractivity contribution in [3.8, 4) is 0 Å². The fourth-order valence-electron chi connectivity index (χ4n) is 2.09. The zero-order chi connectivity index (χ0) is 17.7. The van der Waals surface area contributed by atoms with Crippen LogP contribution in [0.15, 0.2) is 65.8 Å². The molecule has 0 saturated heterocycles. The topological polar surface area (TPSA) is 0 Å². The SMILES string of the molecule is C=C[CH2-].CC1=[C-]C(C)(C)C(C)=C1C.F.F.[C-]1=CC=CC1.[C-]1=CC=CC1.[Zr+4]. The van der Waals surface area contributed by atoms with E-state index < -0.39 is 0 Å². The van der Waals surface area contributed by atoms with Crippen molar-refractivity contribution >= 4 is 0 Å². The van der Waals surface area contributed by atoms with Gasteiger partial charge >= 0.3 is 26.2 Å². The summed E-state index contributed by atoms with van der Waals surface area (Å²) in [6.45, 7) is 17.4. The molecule has 26 heavy (non-hydrogen) atoms. The van der Waals surface area contributed by atoms with Crippen LogP contribution < -0.4 is 0 Å². The van der Waals surface area contributed by atoms with E-state index in [-0.39, 0.29) is 41.0 Å². The van der Waals surface area contributed by atoms with Crippen LogP contribution in [0.4, 0.5) is 9.41 Å². The molecule has 142 valence electrons. The third kappa shape index (κ3) is 14.0. The van der Waals surface area contributed by atoms with E-state index >= 15 is 0 Å². The van der Waals surface area contributed by atoms with Gasteiger partial charge in [-0.25, -0.2) is 49.5 Å². The summed E-state index contributed by atoms with van der Waals surface area (Å²) in [5.74, 6) is 0. The monoisotopic (exact) mass is 436 g/mol. The van der Waals surface area contributed by atoms with E-state index in [1.54, 1.807) is 0 Å².